The van der Waals surface area contributed by atoms with E-state index in [1.807, 2.05) is 4.90 Å². The van der Waals surface area contributed by atoms with E-state index < -0.39 is 5.54 Å². The minimum Gasteiger partial charge on any atom is -0.338 e. The van der Waals surface area contributed by atoms with E-state index in [-0.39, 0.29) is 5.91 Å². The molecule has 2 N–H and O–H groups in total. The Hall–Kier alpha value is -0.650. The predicted octanol–water partition coefficient (Wildman–Crippen LogP) is -0.470. The van der Waals surface area contributed by atoms with Gasteiger partial charge in [0.2, 0.25) is 5.91 Å². The highest BCUT2D eigenvalue weighted by Gasteiger charge is 2.36. The van der Waals surface area contributed by atoms with Crippen LogP contribution in [0.1, 0.15) is 20.3 Å². The lowest BCUT2D eigenvalue weighted by atomic mass is 10.0. The molecule has 2 saturated heterocycles. The smallest absolute Gasteiger partial charge is 0.242 e. The average Bonchev–Trinajstić information content (AvgIpc) is 2.26. The summed E-state index contributed by atoms with van der Waals surface area (Å²) in [7, 11) is 2.15. The molecule has 0 spiro atoms. The highest BCUT2D eigenvalue weighted by molar-refractivity contribution is 5.85. The van der Waals surface area contributed by atoms with Crippen LogP contribution in [0.15, 0.2) is 0 Å². The van der Waals surface area contributed by atoms with Gasteiger partial charge in [-0.05, 0) is 27.3 Å². The molecule has 0 radical (unpaired) electrons. The van der Waals surface area contributed by atoms with Gasteiger partial charge in [0, 0.05) is 32.2 Å². The first kappa shape index (κ1) is 12.8. The summed E-state index contributed by atoms with van der Waals surface area (Å²) in [5.74, 6) is 0.0797. The van der Waals surface area contributed by atoms with Gasteiger partial charge < -0.3 is 10.6 Å². The lowest BCUT2D eigenvalue weighted by Crippen LogP contribution is -2.63. The zero-order valence-electron chi connectivity index (χ0n) is 11.1. The molecule has 2 aliphatic rings. The molecule has 1 atom stereocenters. The van der Waals surface area contributed by atoms with Crippen molar-refractivity contribution in [2.24, 2.45) is 5.73 Å². The van der Waals surface area contributed by atoms with Crippen molar-refractivity contribution in [3.63, 3.8) is 0 Å². The first-order valence-electron chi connectivity index (χ1n) is 6.39. The number of rotatable bonds is 1. The molecule has 0 aromatic carbocycles. The maximum Gasteiger partial charge on any atom is 0.242 e. The van der Waals surface area contributed by atoms with Crippen molar-refractivity contribution in [3.8, 4) is 0 Å². The van der Waals surface area contributed by atoms with Crippen LogP contribution in [-0.4, -0.2) is 72.1 Å². The van der Waals surface area contributed by atoms with E-state index in [1.165, 1.54) is 0 Å². The molecule has 0 bridgehead atoms. The third-order valence-electron chi connectivity index (χ3n) is 3.71. The van der Waals surface area contributed by atoms with Gasteiger partial charge in [0.15, 0.2) is 0 Å². The van der Waals surface area contributed by atoms with Gasteiger partial charge in [-0.1, -0.05) is 0 Å². The summed E-state index contributed by atoms with van der Waals surface area (Å²) in [6.07, 6.45) is 1.14. The molecule has 2 rings (SSSR count). The summed E-state index contributed by atoms with van der Waals surface area (Å²) in [5, 5.41) is 0. The van der Waals surface area contributed by atoms with Gasteiger partial charge in [0.25, 0.3) is 0 Å². The van der Waals surface area contributed by atoms with Crippen molar-refractivity contribution in [3.05, 3.63) is 0 Å². The number of fused-ring (bicyclic) bond motifs is 1. The molecule has 0 saturated carbocycles. The minimum atomic E-state index is -0.742. The van der Waals surface area contributed by atoms with E-state index in [4.69, 9.17) is 5.73 Å². The Bertz CT molecular complexity index is 299. The molecule has 2 aliphatic heterocycles. The Balaban J connectivity index is 1.97. The number of hydrogen-bond acceptors (Lipinski definition) is 4. The molecule has 5 heteroatoms. The minimum absolute atomic E-state index is 0.0797. The van der Waals surface area contributed by atoms with Gasteiger partial charge in [-0.2, -0.15) is 0 Å². The maximum atomic E-state index is 12.1. The molecule has 0 aromatic rings. The number of carbonyl (C=O) groups is 1. The predicted molar refractivity (Wildman–Crippen MR) is 67.5 cm³/mol. The Kier molecular flexibility index (Phi) is 3.43. The van der Waals surface area contributed by atoms with Crippen LogP contribution in [0.4, 0.5) is 0 Å². The van der Waals surface area contributed by atoms with Crippen molar-refractivity contribution < 1.29 is 4.79 Å². The van der Waals surface area contributed by atoms with Gasteiger partial charge in [-0.3, -0.25) is 14.6 Å². The number of nitrogens with zero attached hydrogens (tertiary/aromatic N) is 3. The second-order valence-electron chi connectivity index (χ2n) is 5.95. The second kappa shape index (κ2) is 4.55. The van der Waals surface area contributed by atoms with Gasteiger partial charge in [0.1, 0.15) is 0 Å². The van der Waals surface area contributed by atoms with E-state index in [0.717, 1.165) is 39.3 Å². The Morgan fingerprint density at radius 1 is 1.29 bits per heavy atom. The van der Waals surface area contributed by atoms with Crippen LogP contribution in [0.5, 0.6) is 0 Å². The third-order valence-corrected chi connectivity index (χ3v) is 3.71. The molecule has 0 aliphatic carbocycles. The number of piperazine rings is 1. The van der Waals surface area contributed by atoms with Gasteiger partial charge >= 0.3 is 0 Å². The van der Waals surface area contributed by atoms with E-state index in [0.29, 0.717) is 6.04 Å². The summed E-state index contributed by atoms with van der Waals surface area (Å²) in [5.41, 5.74) is 5.14. The molecule has 5 nitrogen and oxygen atoms in total. The highest BCUT2D eigenvalue weighted by atomic mass is 16.2. The van der Waals surface area contributed by atoms with Crippen LogP contribution in [0, 0.1) is 0 Å². The van der Waals surface area contributed by atoms with E-state index in [9.17, 15) is 4.79 Å². The topological polar surface area (TPSA) is 52.8 Å². The van der Waals surface area contributed by atoms with Crippen LogP contribution in [0.3, 0.4) is 0 Å². The van der Waals surface area contributed by atoms with E-state index in [1.54, 1.807) is 13.8 Å². The molecule has 17 heavy (non-hydrogen) atoms. The Labute approximate surface area is 104 Å². The lowest BCUT2D eigenvalue weighted by molar-refractivity contribution is -0.140. The highest BCUT2D eigenvalue weighted by Crippen LogP contribution is 2.19. The molecule has 1 amide bonds. The first-order valence-corrected chi connectivity index (χ1v) is 6.39. The molecule has 2 heterocycles. The van der Waals surface area contributed by atoms with Gasteiger partial charge in [-0.15, -0.1) is 0 Å². The van der Waals surface area contributed by atoms with Crippen molar-refractivity contribution in [2.75, 3.05) is 39.9 Å². The SMILES string of the molecule is CN1CCC2CN(C(=O)C(C)(C)N)CCN2C1. The zero-order chi connectivity index (χ0) is 12.6. The van der Waals surface area contributed by atoms with Crippen molar-refractivity contribution in [1.82, 2.24) is 14.7 Å². The van der Waals surface area contributed by atoms with Crippen LogP contribution < -0.4 is 5.73 Å². The number of amides is 1. The molecular formula is C12H24N4O. The largest absolute Gasteiger partial charge is 0.338 e. The van der Waals surface area contributed by atoms with Crippen molar-refractivity contribution in [1.29, 1.82) is 0 Å². The van der Waals surface area contributed by atoms with Gasteiger partial charge in [-0.25, -0.2) is 0 Å². The summed E-state index contributed by atoms with van der Waals surface area (Å²) in [6.45, 7) is 8.34. The third kappa shape index (κ3) is 2.78. The van der Waals surface area contributed by atoms with Crippen LogP contribution in [-0.2, 0) is 4.79 Å². The van der Waals surface area contributed by atoms with Crippen molar-refractivity contribution in [2.45, 2.75) is 31.8 Å². The van der Waals surface area contributed by atoms with Crippen LogP contribution in [0.25, 0.3) is 0 Å². The molecule has 0 aromatic heterocycles. The van der Waals surface area contributed by atoms with Crippen LogP contribution in [0.2, 0.25) is 0 Å². The molecular weight excluding hydrogens is 216 g/mol. The molecule has 1 unspecified atom stereocenters. The summed E-state index contributed by atoms with van der Waals surface area (Å²) >= 11 is 0. The second-order valence-corrected chi connectivity index (χ2v) is 5.95. The monoisotopic (exact) mass is 240 g/mol. The fourth-order valence-electron chi connectivity index (χ4n) is 2.70. The summed E-state index contributed by atoms with van der Waals surface area (Å²) in [6, 6.07) is 0.520. The van der Waals surface area contributed by atoms with E-state index in [2.05, 4.69) is 16.8 Å². The zero-order valence-corrected chi connectivity index (χ0v) is 11.1. The molecule has 2 fully saturated rings. The normalized spacial score (nSPS) is 28.0. The summed E-state index contributed by atoms with van der Waals surface area (Å²) in [4.78, 5) is 18.9. The average molecular weight is 240 g/mol. The van der Waals surface area contributed by atoms with Gasteiger partial charge in [0.05, 0.1) is 12.2 Å². The quantitative estimate of drug-likeness (QED) is 0.673. The fourth-order valence-corrected chi connectivity index (χ4v) is 2.70. The van der Waals surface area contributed by atoms with E-state index >= 15 is 0 Å². The Morgan fingerprint density at radius 3 is 2.65 bits per heavy atom. The maximum absolute atomic E-state index is 12.1. The van der Waals surface area contributed by atoms with Crippen LogP contribution >= 0.6 is 0 Å². The Morgan fingerprint density at radius 2 is 2.00 bits per heavy atom. The standard InChI is InChI=1S/C12H24N4O/c1-12(2,13)11(17)15-6-7-16-9-14(3)5-4-10(16)8-15/h10H,4-9,13H2,1-3H3. The first-order chi connectivity index (χ1) is 7.88. The molecule has 98 valence electrons. The van der Waals surface area contributed by atoms with Crippen molar-refractivity contribution >= 4 is 5.91 Å². The fraction of sp³-hybridized carbons (Fsp3) is 0.917. The number of nitrogens with two attached hydrogens (primary N) is 1. The number of carbonyl (C=O) groups excluding carboxylic acids is 1. The lowest BCUT2D eigenvalue weighted by Gasteiger charge is -2.47. The summed E-state index contributed by atoms with van der Waals surface area (Å²) < 4.78 is 0. The number of hydrogen-bond donors (Lipinski definition) is 1.